The molecule has 2 aromatic carbocycles. The number of hydrogen-bond donors (Lipinski definition) is 3. The van der Waals surface area contributed by atoms with Gasteiger partial charge in [0, 0.05) is 10.5 Å². The molecule has 222 valence electrons. The zero-order chi connectivity index (χ0) is 29.6. The van der Waals surface area contributed by atoms with Crippen LogP contribution in [0.2, 0.25) is 0 Å². The molecule has 2 bridgehead atoms. The second kappa shape index (κ2) is 11.3. The topological polar surface area (TPSA) is 148 Å². The Morgan fingerprint density at radius 3 is 2.67 bits per heavy atom. The van der Waals surface area contributed by atoms with Crippen molar-refractivity contribution in [3.05, 3.63) is 48.5 Å². The van der Waals surface area contributed by atoms with E-state index in [1.54, 1.807) is 28.9 Å². The van der Waals surface area contributed by atoms with Crippen LogP contribution < -0.4 is 15.4 Å². The van der Waals surface area contributed by atoms with Crippen molar-refractivity contribution in [3.63, 3.8) is 0 Å². The van der Waals surface area contributed by atoms with Gasteiger partial charge in [0.1, 0.15) is 29.6 Å². The quantitative estimate of drug-likeness (QED) is 0.285. The minimum absolute atomic E-state index is 0.0252. The molecule has 7 atom stereocenters. The number of anilines is 1. The highest BCUT2D eigenvalue weighted by molar-refractivity contribution is 9.09. The standard InChI is InChI=1S/C29H33BrN6O6/c1-3-17(14-37)36-25(27(39)31-15-35-21-8-6-5-7-20(21)33-34-35)29-13-19(30)24(42-29)22(23(29)28(36)40)26(38)32-16-9-11-18(12-10-16)41-4-2/h5-12,17,19,22-25,37H,3-4,13-15H2,1-2H3,(H,31,39)(H,32,38)/t17-,19?,22-,23-,24-,25?,29?/m0/s1. The number of rotatable bonds is 10. The summed E-state index contributed by atoms with van der Waals surface area (Å²) in [7, 11) is 0. The molecule has 0 radical (unpaired) electrons. The molecule has 42 heavy (non-hydrogen) atoms. The molecule has 3 aliphatic heterocycles. The molecule has 3 unspecified atom stereocenters. The third-order valence-electron chi connectivity index (χ3n) is 8.61. The van der Waals surface area contributed by atoms with E-state index < -0.39 is 41.5 Å². The first-order valence-corrected chi connectivity index (χ1v) is 15.1. The van der Waals surface area contributed by atoms with Crippen LogP contribution in [-0.2, 0) is 25.8 Å². The predicted octanol–water partition coefficient (Wildman–Crippen LogP) is 2.06. The molecule has 3 aliphatic rings. The molecule has 3 amide bonds. The number of fused-ring (bicyclic) bond motifs is 2. The van der Waals surface area contributed by atoms with Crippen LogP contribution in [0.4, 0.5) is 5.69 Å². The summed E-state index contributed by atoms with van der Waals surface area (Å²) >= 11 is 3.68. The van der Waals surface area contributed by atoms with Gasteiger partial charge in [-0.1, -0.05) is 40.2 Å². The van der Waals surface area contributed by atoms with Gasteiger partial charge < -0.3 is 30.1 Å². The minimum atomic E-state index is -1.24. The Balaban J connectivity index is 1.29. The van der Waals surface area contributed by atoms with Gasteiger partial charge in [0.15, 0.2) is 0 Å². The fraction of sp³-hybridized carbons (Fsp3) is 0.483. The van der Waals surface area contributed by atoms with Crippen molar-refractivity contribution in [1.82, 2.24) is 25.2 Å². The van der Waals surface area contributed by atoms with E-state index >= 15 is 0 Å². The van der Waals surface area contributed by atoms with Gasteiger partial charge in [-0.05, 0) is 56.2 Å². The number of nitrogens with zero attached hydrogens (tertiary/aromatic N) is 4. The number of aliphatic hydroxyl groups excluding tert-OH is 1. The average molecular weight is 642 g/mol. The summed E-state index contributed by atoms with van der Waals surface area (Å²) in [5.41, 5.74) is 0.758. The molecule has 3 N–H and O–H groups in total. The van der Waals surface area contributed by atoms with Crippen LogP contribution in [0.1, 0.15) is 26.7 Å². The summed E-state index contributed by atoms with van der Waals surface area (Å²) in [6.45, 7) is 3.96. The highest BCUT2D eigenvalue weighted by Gasteiger charge is 2.77. The number of alkyl halides is 1. The monoisotopic (exact) mass is 640 g/mol. The number of halogens is 1. The maximum atomic E-state index is 14.2. The van der Waals surface area contributed by atoms with Crippen molar-refractivity contribution in [2.75, 3.05) is 18.5 Å². The Hall–Kier alpha value is -3.55. The zero-order valence-electron chi connectivity index (χ0n) is 23.3. The maximum Gasteiger partial charge on any atom is 0.247 e. The third-order valence-corrected chi connectivity index (χ3v) is 9.45. The molecule has 3 fully saturated rings. The predicted molar refractivity (Wildman–Crippen MR) is 156 cm³/mol. The molecule has 4 heterocycles. The molecular formula is C29H33BrN6O6. The number of ether oxygens (including phenoxy) is 2. The second-order valence-electron chi connectivity index (χ2n) is 10.9. The smallest absolute Gasteiger partial charge is 0.247 e. The van der Waals surface area contributed by atoms with Crippen molar-refractivity contribution in [3.8, 4) is 5.75 Å². The molecule has 0 aliphatic carbocycles. The van der Waals surface area contributed by atoms with E-state index in [1.165, 1.54) is 4.90 Å². The SMILES string of the molecule is CCOc1ccc(NC(=O)[C@H]2[C@H]3C(=O)N([C@@H](CC)CO)C(C(=O)NCn4nnc5ccccc54)C34CC(Br)[C@@H]2O4)cc1. The lowest BCUT2D eigenvalue weighted by molar-refractivity contribution is -0.145. The molecule has 12 nitrogen and oxygen atoms in total. The summed E-state index contributed by atoms with van der Waals surface area (Å²) in [4.78, 5) is 43.1. The van der Waals surface area contributed by atoms with Crippen LogP contribution in [0.5, 0.6) is 5.75 Å². The van der Waals surface area contributed by atoms with E-state index in [0.29, 0.717) is 36.4 Å². The van der Waals surface area contributed by atoms with E-state index in [9.17, 15) is 19.5 Å². The molecule has 1 spiro atoms. The third kappa shape index (κ3) is 4.54. The van der Waals surface area contributed by atoms with Gasteiger partial charge in [0.25, 0.3) is 0 Å². The van der Waals surface area contributed by atoms with Crippen molar-refractivity contribution in [2.45, 2.75) is 62.0 Å². The highest BCUT2D eigenvalue weighted by Crippen LogP contribution is 2.60. The molecule has 3 aromatic rings. The van der Waals surface area contributed by atoms with Gasteiger partial charge in [-0.15, -0.1) is 5.10 Å². The second-order valence-corrected chi connectivity index (χ2v) is 12.1. The normalized spacial score (nSPS) is 28.6. The number of hydrogen-bond acceptors (Lipinski definition) is 8. The van der Waals surface area contributed by atoms with E-state index in [0.717, 1.165) is 5.52 Å². The number of nitrogens with one attached hydrogen (secondary N) is 2. The minimum Gasteiger partial charge on any atom is -0.494 e. The van der Waals surface area contributed by atoms with Gasteiger partial charge in [0.05, 0.1) is 42.7 Å². The van der Waals surface area contributed by atoms with Crippen molar-refractivity contribution in [2.24, 2.45) is 11.8 Å². The lowest BCUT2D eigenvalue weighted by Crippen LogP contribution is -2.58. The molecule has 13 heteroatoms. The number of para-hydroxylation sites is 1. The maximum absolute atomic E-state index is 14.2. The molecule has 3 saturated heterocycles. The summed E-state index contributed by atoms with van der Waals surface area (Å²) < 4.78 is 13.6. The van der Waals surface area contributed by atoms with Crippen LogP contribution in [0.15, 0.2) is 48.5 Å². The number of aliphatic hydroxyl groups is 1. The Bertz CT molecular complexity index is 1500. The molecular weight excluding hydrogens is 608 g/mol. The van der Waals surface area contributed by atoms with Gasteiger partial charge in [-0.2, -0.15) is 0 Å². The fourth-order valence-electron chi connectivity index (χ4n) is 6.78. The highest BCUT2D eigenvalue weighted by atomic mass is 79.9. The first-order chi connectivity index (χ1) is 20.3. The van der Waals surface area contributed by atoms with Crippen molar-refractivity contribution >= 4 is 50.4 Å². The largest absolute Gasteiger partial charge is 0.494 e. The average Bonchev–Trinajstić information content (AvgIpc) is 3.71. The Morgan fingerprint density at radius 2 is 1.95 bits per heavy atom. The Labute approximate surface area is 250 Å². The number of aromatic nitrogens is 3. The van der Waals surface area contributed by atoms with Gasteiger partial charge in [0.2, 0.25) is 17.7 Å². The van der Waals surface area contributed by atoms with Crippen molar-refractivity contribution in [1.29, 1.82) is 0 Å². The van der Waals surface area contributed by atoms with Crippen LogP contribution in [0.3, 0.4) is 0 Å². The summed E-state index contributed by atoms with van der Waals surface area (Å²) in [6.07, 6.45) is 0.184. The van der Waals surface area contributed by atoms with Crippen molar-refractivity contribution < 1.29 is 29.0 Å². The zero-order valence-corrected chi connectivity index (χ0v) is 24.9. The van der Waals surface area contributed by atoms with E-state index in [-0.39, 0.29) is 29.9 Å². The molecule has 1 aromatic heterocycles. The summed E-state index contributed by atoms with van der Waals surface area (Å²) in [5, 5.41) is 24.4. The first kappa shape index (κ1) is 28.6. The van der Waals surface area contributed by atoms with Crippen LogP contribution in [-0.4, -0.2) is 84.6 Å². The van der Waals surface area contributed by atoms with Gasteiger partial charge in [-0.3, -0.25) is 14.4 Å². The van der Waals surface area contributed by atoms with Crippen LogP contribution in [0.25, 0.3) is 11.0 Å². The Morgan fingerprint density at radius 1 is 1.19 bits per heavy atom. The number of carbonyl (C=O) groups is 3. The fourth-order valence-corrected chi connectivity index (χ4v) is 7.73. The molecule has 0 saturated carbocycles. The van der Waals surface area contributed by atoms with Gasteiger partial charge in [-0.25, -0.2) is 4.68 Å². The van der Waals surface area contributed by atoms with Crippen LogP contribution >= 0.6 is 15.9 Å². The summed E-state index contributed by atoms with van der Waals surface area (Å²) in [6, 6.07) is 12.7. The number of benzene rings is 2. The number of carbonyl (C=O) groups excluding carboxylic acids is 3. The number of likely N-dealkylation sites (tertiary alicyclic amines) is 1. The lowest BCUT2D eigenvalue weighted by Gasteiger charge is -2.36. The lowest BCUT2D eigenvalue weighted by atomic mass is 9.70. The van der Waals surface area contributed by atoms with E-state index in [4.69, 9.17) is 9.47 Å². The first-order valence-electron chi connectivity index (χ1n) is 14.2. The molecule has 6 rings (SSSR count). The van der Waals surface area contributed by atoms with Crippen LogP contribution in [0, 0.1) is 11.8 Å². The van der Waals surface area contributed by atoms with Gasteiger partial charge >= 0.3 is 0 Å². The summed E-state index contributed by atoms with van der Waals surface area (Å²) in [5.74, 6) is -2.20. The van der Waals surface area contributed by atoms with E-state index in [2.05, 4.69) is 36.9 Å². The number of amides is 3. The van der Waals surface area contributed by atoms with E-state index in [1.807, 2.05) is 38.1 Å². The Kier molecular flexibility index (Phi) is 7.66.